The van der Waals surface area contributed by atoms with E-state index in [4.69, 9.17) is 10.2 Å². The molecule has 0 fully saturated rings. The molecule has 0 unspecified atom stereocenters. The van der Waals surface area contributed by atoms with E-state index in [1.165, 1.54) is 56.4 Å². The minimum atomic E-state index is 0.691. The molecule has 0 aliphatic carbocycles. The summed E-state index contributed by atoms with van der Waals surface area (Å²) in [6.07, 6.45) is 6.27. The van der Waals surface area contributed by atoms with Crippen LogP contribution in [0.1, 0.15) is 62.8 Å². The molecule has 5 nitrogen and oxygen atoms in total. The van der Waals surface area contributed by atoms with Crippen LogP contribution in [0, 0.1) is 6.92 Å². The Labute approximate surface area is 200 Å². The number of benzene rings is 2. The van der Waals surface area contributed by atoms with Crippen LogP contribution in [0.2, 0.25) is 0 Å². The molecule has 1 heterocycles. The highest BCUT2D eigenvalue weighted by Crippen LogP contribution is 2.20. The van der Waals surface area contributed by atoms with E-state index in [-0.39, 0.29) is 0 Å². The lowest BCUT2D eigenvalue weighted by molar-refractivity contribution is 0.261. The Morgan fingerprint density at radius 2 is 1.48 bits per heavy atom. The number of aryl methyl sites for hydroxylation is 1. The summed E-state index contributed by atoms with van der Waals surface area (Å²) in [6, 6.07) is 18.9. The summed E-state index contributed by atoms with van der Waals surface area (Å²) in [7, 11) is 0. The molecule has 1 N–H and O–H groups in total. The summed E-state index contributed by atoms with van der Waals surface area (Å²) >= 11 is 0. The molecule has 0 aliphatic rings. The average Bonchev–Trinajstić information content (AvgIpc) is 3.24. The summed E-state index contributed by atoms with van der Waals surface area (Å²) in [5.41, 5.74) is 5.64. The molecule has 0 aliphatic heterocycles. The van der Waals surface area contributed by atoms with Gasteiger partial charge in [0.2, 0.25) is 0 Å². The molecule has 3 rings (SSSR count). The lowest BCUT2D eigenvalue weighted by Crippen LogP contribution is -2.29. The van der Waals surface area contributed by atoms with Crippen LogP contribution >= 0.6 is 0 Å². The molecule has 0 bridgehead atoms. The molecule has 0 atom stereocenters. The summed E-state index contributed by atoms with van der Waals surface area (Å²) in [5.74, 6) is 0. The van der Waals surface area contributed by atoms with Crippen molar-refractivity contribution in [3.05, 3.63) is 71.4 Å². The molecule has 178 valence electrons. The Bertz CT molecular complexity index is 926. The molecular weight excluding hydrogens is 406 g/mol. The molecule has 3 aromatic rings. The normalized spacial score (nSPS) is 11.4. The molecule has 0 radical (unpaired) electrons. The second-order valence-corrected chi connectivity index (χ2v) is 8.90. The number of hydrogen-bond acceptors (Lipinski definition) is 4. The summed E-state index contributed by atoms with van der Waals surface area (Å²) in [6.45, 7) is 12.7. The molecule has 1 aromatic heterocycles. The van der Waals surface area contributed by atoms with Crippen LogP contribution in [0.4, 0.5) is 0 Å². The van der Waals surface area contributed by atoms with Gasteiger partial charge in [0.05, 0.1) is 6.54 Å². The quantitative estimate of drug-likeness (QED) is 0.304. The molecular formula is C28H41N5. The van der Waals surface area contributed by atoms with Gasteiger partial charge in [0.15, 0.2) is 0 Å². The molecule has 0 saturated heterocycles. The topological polar surface area (TPSA) is 46.0 Å². The highest BCUT2D eigenvalue weighted by Gasteiger charge is 2.14. The van der Waals surface area contributed by atoms with Gasteiger partial charge in [0, 0.05) is 12.1 Å². The SMILES string of the molecule is CCCCN(CCCC)CCCNCc1nn(Cc2ccccc2C)nc1-c1ccccc1. The Morgan fingerprint density at radius 3 is 2.18 bits per heavy atom. The van der Waals surface area contributed by atoms with E-state index >= 15 is 0 Å². The number of rotatable bonds is 15. The van der Waals surface area contributed by atoms with E-state index in [0.29, 0.717) is 6.54 Å². The van der Waals surface area contributed by atoms with E-state index in [0.717, 1.165) is 36.5 Å². The van der Waals surface area contributed by atoms with E-state index in [1.807, 2.05) is 10.9 Å². The fraction of sp³-hybridized carbons (Fsp3) is 0.500. The van der Waals surface area contributed by atoms with Gasteiger partial charge in [0.25, 0.3) is 0 Å². The lowest BCUT2D eigenvalue weighted by Gasteiger charge is -2.21. The van der Waals surface area contributed by atoms with Crippen LogP contribution in [0.15, 0.2) is 54.6 Å². The van der Waals surface area contributed by atoms with Gasteiger partial charge in [-0.3, -0.25) is 0 Å². The molecule has 0 amide bonds. The van der Waals surface area contributed by atoms with Gasteiger partial charge in [-0.15, -0.1) is 0 Å². The Hall–Kier alpha value is -2.50. The van der Waals surface area contributed by atoms with Gasteiger partial charge in [-0.2, -0.15) is 15.0 Å². The van der Waals surface area contributed by atoms with Crippen molar-refractivity contribution >= 4 is 0 Å². The van der Waals surface area contributed by atoms with Crippen LogP contribution in [-0.4, -0.2) is 46.1 Å². The van der Waals surface area contributed by atoms with Gasteiger partial charge in [-0.05, 0) is 63.5 Å². The van der Waals surface area contributed by atoms with Crippen molar-refractivity contribution in [2.24, 2.45) is 0 Å². The number of hydrogen-bond donors (Lipinski definition) is 1. The first-order valence-corrected chi connectivity index (χ1v) is 12.7. The minimum Gasteiger partial charge on any atom is -0.311 e. The zero-order valence-corrected chi connectivity index (χ0v) is 20.8. The predicted octanol–water partition coefficient (Wildman–Crippen LogP) is 5.68. The largest absolute Gasteiger partial charge is 0.311 e. The number of unbranched alkanes of at least 4 members (excludes halogenated alkanes) is 2. The first-order valence-electron chi connectivity index (χ1n) is 12.7. The maximum atomic E-state index is 4.87. The lowest BCUT2D eigenvalue weighted by atomic mass is 10.1. The van der Waals surface area contributed by atoms with E-state index < -0.39 is 0 Å². The highest BCUT2D eigenvalue weighted by atomic mass is 15.5. The van der Waals surface area contributed by atoms with Crippen molar-refractivity contribution in [1.82, 2.24) is 25.2 Å². The first-order chi connectivity index (χ1) is 16.2. The first kappa shape index (κ1) is 25.1. The fourth-order valence-corrected chi connectivity index (χ4v) is 4.07. The third-order valence-corrected chi connectivity index (χ3v) is 6.12. The Balaban J connectivity index is 1.60. The fourth-order valence-electron chi connectivity index (χ4n) is 4.07. The highest BCUT2D eigenvalue weighted by molar-refractivity contribution is 5.60. The maximum Gasteiger partial charge on any atom is 0.117 e. The van der Waals surface area contributed by atoms with E-state index in [2.05, 4.69) is 79.5 Å². The summed E-state index contributed by atoms with van der Waals surface area (Å²) < 4.78 is 0. The van der Waals surface area contributed by atoms with Crippen molar-refractivity contribution in [2.45, 2.75) is 66.0 Å². The van der Waals surface area contributed by atoms with Gasteiger partial charge in [0.1, 0.15) is 11.4 Å². The Morgan fingerprint density at radius 1 is 0.818 bits per heavy atom. The van der Waals surface area contributed by atoms with Crippen LogP contribution < -0.4 is 5.32 Å². The van der Waals surface area contributed by atoms with Crippen molar-refractivity contribution in [3.8, 4) is 11.3 Å². The molecule has 0 spiro atoms. The van der Waals surface area contributed by atoms with Gasteiger partial charge in [-0.25, -0.2) is 0 Å². The van der Waals surface area contributed by atoms with Crippen LogP contribution in [-0.2, 0) is 13.1 Å². The van der Waals surface area contributed by atoms with E-state index in [1.54, 1.807) is 0 Å². The summed E-state index contributed by atoms with van der Waals surface area (Å²) in [4.78, 5) is 4.47. The Kier molecular flexibility index (Phi) is 10.6. The smallest absolute Gasteiger partial charge is 0.117 e. The van der Waals surface area contributed by atoms with Gasteiger partial charge >= 0.3 is 0 Å². The second kappa shape index (κ2) is 13.9. The van der Waals surface area contributed by atoms with E-state index in [9.17, 15) is 0 Å². The molecule has 2 aromatic carbocycles. The predicted molar refractivity (Wildman–Crippen MR) is 138 cm³/mol. The molecule has 33 heavy (non-hydrogen) atoms. The summed E-state index contributed by atoms with van der Waals surface area (Å²) in [5, 5.41) is 13.4. The third kappa shape index (κ3) is 8.09. The van der Waals surface area contributed by atoms with Crippen LogP contribution in [0.25, 0.3) is 11.3 Å². The third-order valence-electron chi connectivity index (χ3n) is 6.12. The van der Waals surface area contributed by atoms with Crippen molar-refractivity contribution in [2.75, 3.05) is 26.2 Å². The second-order valence-electron chi connectivity index (χ2n) is 8.90. The number of aromatic nitrogens is 3. The van der Waals surface area contributed by atoms with Crippen molar-refractivity contribution in [1.29, 1.82) is 0 Å². The zero-order valence-electron chi connectivity index (χ0n) is 20.8. The molecule has 0 saturated carbocycles. The van der Waals surface area contributed by atoms with Crippen molar-refractivity contribution in [3.63, 3.8) is 0 Å². The number of nitrogens with zero attached hydrogens (tertiary/aromatic N) is 4. The standard InChI is InChI=1S/C28H41N5/c1-4-6-19-32(20-7-5-2)21-13-18-29-22-27-28(25-15-9-8-10-16-25)31-33(30-27)23-26-17-12-11-14-24(26)3/h8-12,14-17,29H,4-7,13,18-23H2,1-3H3. The maximum absolute atomic E-state index is 4.87. The van der Waals surface area contributed by atoms with Crippen LogP contribution in [0.3, 0.4) is 0 Å². The minimum absolute atomic E-state index is 0.691. The van der Waals surface area contributed by atoms with Crippen LogP contribution in [0.5, 0.6) is 0 Å². The van der Waals surface area contributed by atoms with Gasteiger partial charge < -0.3 is 10.2 Å². The van der Waals surface area contributed by atoms with Gasteiger partial charge in [-0.1, -0.05) is 81.3 Å². The van der Waals surface area contributed by atoms with Crippen molar-refractivity contribution < 1.29 is 0 Å². The monoisotopic (exact) mass is 447 g/mol. The average molecular weight is 448 g/mol. The molecule has 5 heteroatoms. The zero-order chi connectivity index (χ0) is 23.3. The number of nitrogens with one attached hydrogen (secondary N) is 1.